The molecule has 0 amide bonds. The van der Waals surface area contributed by atoms with Crippen molar-refractivity contribution < 1.29 is 4.74 Å². The molecule has 0 aromatic carbocycles. The Kier molecular flexibility index (Phi) is 3.34. The van der Waals surface area contributed by atoms with Crippen LogP contribution >= 0.6 is 0 Å². The molecule has 1 aromatic heterocycles. The zero-order valence-electron chi connectivity index (χ0n) is 10.9. The number of nitriles is 1. The SMILES string of the molecule is N#Cc1nccnc1NC1CCOC2(CCCC2)C1. The van der Waals surface area contributed by atoms with Crippen LogP contribution in [0.4, 0.5) is 5.82 Å². The highest BCUT2D eigenvalue weighted by Crippen LogP contribution is 2.40. The molecule has 3 rings (SSSR count). The maximum Gasteiger partial charge on any atom is 0.182 e. The highest BCUT2D eigenvalue weighted by atomic mass is 16.5. The molecule has 2 heterocycles. The normalized spacial score (nSPS) is 25.1. The molecule has 2 fully saturated rings. The van der Waals surface area contributed by atoms with Gasteiger partial charge in [0.15, 0.2) is 11.5 Å². The van der Waals surface area contributed by atoms with Gasteiger partial charge in [0.2, 0.25) is 0 Å². The molecule has 0 bridgehead atoms. The fourth-order valence-corrected chi connectivity index (χ4v) is 3.24. The van der Waals surface area contributed by atoms with Gasteiger partial charge in [-0.15, -0.1) is 0 Å². The van der Waals surface area contributed by atoms with E-state index in [4.69, 9.17) is 10.00 Å². The van der Waals surface area contributed by atoms with E-state index in [0.717, 1.165) is 32.3 Å². The summed E-state index contributed by atoms with van der Waals surface area (Å²) in [5.74, 6) is 0.602. The molecule has 1 spiro atoms. The molecule has 100 valence electrons. The molecule has 1 atom stereocenters. The van der Waals surface area contributed by atoms with Crippen LogP contribution < -0.4 is 5.32 Å². The van der Waals surface area contributed by atoms with Crippen molar-refractivity contribution >= 4 is 5.82 Å². The van der Waals surface area contributed by atoms with Gasteiger partial charge in [-0.1, -0.05) is 12.8 Å². The predicted molar refractivity (Wildman–Crippen MR) is 70.5 cm³/mol. The second-order valence-corrected chi connectivity index (χ2v) is 5.44. The van der Waals surface area contributed by atoms with Crippen molar-refractivity contribution in [3.05, 3.63) is 18.1 Å². The van der Waals surface area contributed by atoms with Crippen LogP contribution in [0, 0.1) is 11.3 Å². The molecule has 2 aliphatic rings. The molecule has 1 saturated heterocycles. The highest BCUT2D eigenvalue weighted by molar-refractivity contribution is 5.47. The topological polar surface area (TPSA) is 70.8 Å². The lowest BCUT2D eigenvalue weighted by molar-refractivity contribution is -0.0767. The van der Waals surface area contributed by atoms with Crippen LogP contribution in [0.5, 0.6) is 0 Å². The molecule has 1 saturated carbocycles. The van der Waals surface area contributed by atoms with Crippen LogP contribution in [-0.2, 0) is 4.74 Å². The van der Waals surface area contributed by atoms with Gasteiger partial charge in [-0.25, -0.2) is 9.97 Å². The number of aromatic nitrogens is 2. The summed E-state index contributed by atoms with van der Waals surface area (Å²) >= 11 is 0. The number of nitrogens with zero attached hydrogens (tertiary/aromatic N) is 3. The van der Waals surface area contributed by atoms with Crippen LogP contribution in [0.3, 0.4) is 0 Å². The van der Waals surface area contributed by atoms with Crippen molar-refractivity contribution in [1.82, 2.24) is 9.97 Å². The number of nitrogens with one attached hydrogen (secondary N) is 1. The number of rotatable bonds is 2. The Hall–Kier alpha value is -1.67. The van der Waals surface area contributed by atoms with Crippen molar-refractivity contribution in [2.24, 2.45) is 0 Å². The first-order valence-electron chi connectivity index (χ1n) is 6.93. The Morgan fingerprint density at radius 2 is 2.11 bits per heavy atom. The van der Waals surface area contributed by atoms with E-state index in [9.17, 15) is 0 Å². The van der Waals surface area contributed by atoms with Gasteiger partial charge in [0.25, 0.3) is 0 Å². The van der Waals surface area contributed by atoms with Crippen molar-refractivity contribution in [3.8, 4) is 6.07 Å². The minimum absolute atomic E-state index is 0.0743. The first-order valence-corrected chi connectivity index (χ1v) is 6.93. The van der Waals surface area contributed by atoms with Crippen molar-refractivity contribution in [1.29, 1.82) is 5.26 Å². The largest absolute Gasteiger partial charge is 0.375 e. The summed E-state index contributed by atoms with van der Waals surface area (Å²) in [6.07, 6.45) is 9.99. The van der Waals surface area contributed by atoms with E-state index in [1.54, 1.807) is 12.4 Å². The van der Waals surface area contributed by atoms with E-state index < -0.39 is 0 Å². The second-order valence-electron chi connectivity index (χ2n) is 5.44. The summed E-state index contributed by atoms with van der Waals surface area (Å²) in [6.45, 7) is 0.791. The van der Waals surface area contributed by atoms with E-state index in [0.29, 0.717) is 17.6 Å². The van der Waals surface area contributed by atoms with E-state index in [2.05, 4.69) is 21.4 Å². The van der Waals surface area contributed by atoms with E-state index in [1.165, 1.54) is 12.8 Å². The zero-order chi connectivity index (χ0) is 13.1. The summed E-state index contributed by atoms with van der Waals surface area (Å²) in [7, 11) is 0. The lowest BCUT2D eigenvalue weighted by Gasteiger charge is -2.38. The van der Waals surface area contributed by atoms with Crippen LogP contribution in [-0.4, -0.2) is 28.2 Å². The molecule has 1 aromatic rings. The molecule has 5 nitrogen and oxygen atoms in total. The Bertz CT molecular complexity index is 490. The third-order valence-corrected chi connectivity index (χ3v) is 4.15. The van der Waals surface area contributed by atoms with Gasteiger partial charge in [-0.3, -0.25) is 0 Å². The van der Waals surface area contributed by atoms with Crippen molar-refractivity contribution in [2.45, 2.75) is 50.2 Å². The molecular formula is C14H18N4O. The summed E-state index contributed by atoms with van der Waals surface area (Å²) in [6, 6.07) is 2.41. The average molecular weight is 258 g/mol. The van der Waals surface area contributed by atoms with Crippen LogP contribution in [0.2, 0.25) is 0 Å². The third kappa shape index (κ3) is 2.54. The highest BCUT2D eigenvalue weighted by Gasteiger charge is 2.40. The fraction of sp³-hybridized carbons (Fsp3) is 0.643. The van der Waals surface area contributed by atoms with Crippen molar-refractivity contribution in [2.75, 3.05) is 11.9 Å². The van der Waals surface area contributed by atoms with Crippen molar-refractivity contribution in [3.63, 3.8) is 0 Å². The summed E-state index contributed by atoms with van der Waals surface area (Å²) < 4.78 is 6.01. The molecular weight excluding hydrogens is 240 g/mol. The van der Waals surface area contributed by atoms with Gasteiger partial charge in [0.05, 0.1) is 5.60 Å². The molecule has 1 aliphatic carbocycles. The van der Waals surface area contributed by atoms with Gasteiger partial charge in [0, 0.05) is 25.0 Å². The first kappa shape index (κ1) is 12.4. The van der Waals surface area contributed by atoms with Crippen LogP contribution in [0.25, 0.3) is 0 Å². The Balaban J connectivity index is 1.71. The third-order valence-electron chi connectivity index (χ3n) is 4.15. The van der Waals surface area contributed by atoms with Gasteiger partial charge in [-0.2, -0.15) is 5.26 Å². The number of anilines is 1. The van der Waals surface area contributed by atoms with E-state index in [1.807, 2.05) is 0 Å². The van der Waals surface area contributed by atoms with Gasteiger partial charge < -0.3 is 10.1 Å². The Morgan fingerprint density at radius 3 is 2.89 bits per heavy atom. The molecule has 19 heavy (non-hydrogen) atoms. The first-order chi connectivity index (χ1) is 9.31. The maximum absolute atomic E-state index is 9.04. The van der Waals surface area contributed by atoms with Gasteiger partial charge in [-0.05, 0) is 25.7 Å². The standard InChI is InChI=1S/C14H18N4O/c15-10-12-13(17-7-6-16-12)18-11-3-8-19-14(9-11)4-1-2-5-14/h6-7,11H,1-5,8-9H2,(H,17,18). The lowest BCUT2D eigenvalue weighted by Crippen LogP contribution is -2.42. The number of ether oxygens (including phenoxy) is 1. The maximum atomic E-state index is 9.04. The molecule has 0 radical (unpaired) electrons. The second kappa shape index (κ2) is 5.14. The quantitative estimate of drug-likeness (QED) is 0.881. The summed E-state index contributed by atoms with van der Waals surface area (Å²) in [5, 5.41) is 12.4. The smallest absolute Gasteiger partial charge is 0.182 e. The molecule has 1 N–H and O–H groups in total. The fourth-order valence-electron chi connectivity index (χ4n) is 3.24. The number of hydrogen-bond acceptors (Lipinski definition) is 5. The molecule has 5 heteroatoms. The average Bonchev–Trinajstić information content (AvgIpc) is 2.87. The minimum Gasteiger partial charge on any atom is -0.375 e. The van der Waals surface area contributed by atoms with Gasteiger partial charge in [0.1, 0.15) is 6.07 Å². The monoisotopic (exact) mass is 258 g/mol. The summed E-state index contributed by atoms with van der Waals surface area (Å²) in [4.78, 5) is 8.26. The van der Waals surface area contributed by atoms with E-state index >= 15 is 0 Å². The van der Waals surface area contributed by atoms with Gasteiger partial charge >= 0.3 is 0 Å². The number of hydrogen-bond donors (Lipinski definition) is 1. The Labute approximate surface area is 113 Å². The minimum atomic E-state index is 0.0743. The van der Waals surface area contributed by atoms with Crippen LogP contribution in [0.15, 0.2) is 12.4 Å². The molecule has 1 unspecified atom stereocenters. The Morgan fingerprint density at radius 1 is 1.32 bits per heavy atom. The van der Waals surface area contributed by atoms with E-state index in [-0.39, 0.29) is 5.60 Å². The zero-order valence-corrected chi connectivity index (χ0v) is 10.9. The van der Waals surface area contributed by atoms with Crippen LogP contribution in [0.1, 0.15) is 44.2 Å². The molecule has 1 aliphatic heterocycles. The summed E-state index contributed by atoms with van der Waals surface area (Å²) in [5.41, 5.74) is 0.444. The lowest BCUT2D eigenvalue weighted by atomic mass is 9.89. The predicted octanol–water partition coefficient (Wildman–Crippen LogP) is 2.25.